The van der Waals surface area contributed by atoms with Crippen molar-refractivity contribution in [2.24, 2.45) is 11.7 Å². The number of benzene rings is 1. The third-order valence-electron chi connectivity index (χ3n) is 4.06. The first kappa shape index (κ1) is 15.2. The monoisotopic (exact) mass is 282 g/mol. The maximum Gasteiger partial charge on any atom is 0.149 e. The Kier molecular flexibility index (Phi) is 4.63. The van der Waals surface area contributed by atoms with Gasteiger partial charge in [0.25, 0.3) is 0 Å². The zero-order valence-corrected chi connectivity index (χ0v) is 12.5. The molecule has 0 radical (unpaired) electrons. The predicted octanol–water partition coefficient (Wildman–Crippen LogP) is 3.48. The first-order valence-corrected chi connectivity index (χ1v) is 7.38. The minimum Gasteiger partial charge on any atom is -0.364 e. The highest BCUT2D eigenvalue weighted by Crippen LogP contribution is 2.32. The van der Waals surface area contributed by atoms with Crippen molar-refractivity contribution in [2.45, 2.75) is 52.1 Å². The Bertz CT molecular complexity index is 451. The number of nitrogens with two attached hydrogens (primary N) is 1. The van der Waals surface area contributed by atoms with Gasteiger partial charge in [0.1, 0.15) is 17.3 Å². The van der Waals surface area contributed by atoms with Crippen LogP contribution in [-0.2, 0) is 6.42 Å². The molecule has 0 amide bonds. The average molecular weight is 282 g/mol. The molecule has 1 saturated heterocycles. The van der Waals surface area contributed by atoms with Crippen molar-refractivity contribution in [3.8, 4) is 0 Å². The fourth-order valence-corrected chi connectivity index (χ4v) is 3.12. The van der Waals surface area contributed by atoms with Crippen LogP contribution in [0.3, 0.4) is 0 Å². The summed E-state index contributed by atoms with van der Waals surface area (Å²) in [5, 5.41) is 0. The summed E-state index contributed by atoms with van der Waals surface area (Å²) >= 11 is 0. The molecule has 20 heavy (non-hydrogen) atoms. The van der Waals surface area contributed by atoms with E-state index >= 15 is 0 Å². The second-order valence-corrected chi connectivity index (χ2v) is 6.26. The third-order valence-corrected chi connectivity index (χ3v) is 4.06. The second kappa shape index (κ2) is 6.08. The summed E-state index contributed by atoms with van der Waals surface area (Å²) < 4.78 is 28.6. The molecule has 0 spiro atoms. The molecule has 2 N–H and O–H groups in total. The van der Waals surface area contributed by atoms with Crippen molar-refractivity contribution in [2.75, 3.05) is 11.4 Å². The van der Waals surface area contributed by atoms with Crippen molar-refractivity contribution >= 4 is 5.69 Å². The van der Waals surface area contributed by atoms with Crippen LogP contribution in [0.15, 0.2) is 12.1 Å². The molecule has 3 unspecified atom stereocenters. The van der Waals surface area contributed by atoms with Crippen LogP contribution in [0, 0.1) is 17.6 Å². The Morgan fingerprint density at radius 1 is 1.30 bits per heavy atom. The zero-order valence-electron chi connectivity index (χ0n) is 12.5. The van der Waals surface area contributed by atoms with Crippen molar-refractivity contribution in [1.29, 1.82) is 0 Å². The zero-order chi connectivity index (χ0) is 14.9. The number of halogens is 2. The number of nitrogens with zero attached hydrogens (tertiary/aromatic N) is 1. The van der Waals surface area contributed by atoms with Gasteiger partial charge in [-0.1, -0.05) is 6.92 Å². The van der Waals surface area contributed by atoms with Gasteiger partial charge in [-0.2, -0.15) is 0 Å². The number of hydrogen-bond donors (Lipinski definition) is 1. The van der Waals surface area contributed by atoms with E-state index in [1.165, 1.54) is 12.1 Å². The SMILES string of the molecule is CC(N)Cc1cc(F)c(N2CCC(C)CC2C)c(F)c1. The summed E-state index contributed by atoms with van der Waals surface area (Å²) in [6, 6.07) is 2.91. The van der Waals surface area contributed by atoms with E-state index < -0.39 is 11.6 Å². The van der Waals surface area contributed by atoms with E-state index in [1.807, 2.05) is 18.7 Å². The van der Waals surface area contributed by atoms with E-state index in [0.29, 0.717) is 24.4 Å². The smallest absolute Gasteiger partial charge is 0.149 e. The normalized spacial score (nSPS) is 24.8. The van der Waals surface area contributed by atoms with Gasteiger partial charge in [-0.3, -0.25) is 0 Å². The summed E-state index contributed by atoms with van der Waals surface area (Å²) in [6.45, 7) is 6.76. The van der Waals surface area contributed by atoms with E-state index in [1.54, 1.807) is 0 Å². The van der Waals surface area contributed by atoms with Crippen LogP contribution in [0.4, 0.5) is 14.5 Å². The molecule has 0 aromatic heterocycles. The fraction of sp³-hybridized carbons (Fsp3) is 0.625. The average Bonchev–Trinajstić information content (AvgIpc) is 2.30. The maximum absolute atomic E-state index is 14.3. The Labute approximate surface area is 120 Å². The molecular weight excluding hydrogens is 258 g/mol. The molecule has 1 aliphatic heterocycles. The highest BCUT2D eigenvalue weighted by Gasteiger charge is 2.27. The highest BCUT2D eigenvalue weighted by atomic mass is 19.1. The van der Waals surface area contributed by atoms with E-state index in [0.717, 1.165) is 12.8 Å². The molecule has 112 valence electrons. The molecule has 1 aromatic carbocycles. The molecule has 4 heteroatoms. The molecule has 1 heterocycles. The Morgan fingerprint density at radius 2 is 1.90 bits per heavy atom. The molecule has 1 aromatic rings. The summed E-state index contributed by atoms with van der Waals surface area (Å²) in [6.07, 6.45) is 2.44. The molecule has 2 nitrogen and oxygen atoms in total. The summed E-state index contributed by atoms with van der Waals surface area (Å²) in [5.74, 6) is -0.325. The Morgan fingerprint density at radius 3 is 2.40 bits per heavy atom. The van der Waals surface area contributed by atoms with Gasteiger partial charge < -0.3 is 10.6 Å². The van der Waals surface area contributed by atoms with Gasteiger partial charge in [0.15, 0.2) is 0 Å². The van der Waals surface area contributed by atoms with Crippen molar-refractivity contribution in [1.82, 2.24) is 0 Å². The molecule has 0 aliphatic carbocycles. The number of piperidine rings is 1. The minimum absolute atomic E-state index is 0.102. The molecule has 0 saturated carbocycles. The lowest BCUT2D eigenvalue weighted by atomic mass is 9.92. The largest absolute Gasteiger partial charge is 0.364 e. The van der Waals surface area contributed by atoms with Crippen LogP contribution < -0.4 is 10.6 Å². The van der Waals surface area contributed by atoms with Gasteiger partial charge in [-0.05, 0) is 56.7 Å². The van der Waals surface area contributed by atoms with Gasteiger partial charge in [0.05, 0.1) is 0 Å². The lowest BCUT2D eigenvalue weighted by Gasteiger charge is -2.38. The summed E-state index contributed by atoms with van der Waals surface area (Å²) in [7, 11) is 0. The molecule has 3 atom stereocenters. The third kappa shape index (κ3) is 3.29. The van der Waals surface area contributed by atoms with E-state index in [4.69, 9.17) is 5.73 Å². The quantitative estimate of drug-likeness (QED) is 0.919. The van der Waals surface area contributed by atoms with E-state index in [2.05, 4.69) is 6.92 Å². The fourth-order valence-electron chi connectivity index (χ4n) is 3.12. The molecule has 0 bridgehead atoms. The van der Waals surface area contributed by atoms with Crippen molar-refractivity contribution in [3.63, 3.8) is 0 Å². The first-order valence-electron chi connectivity index (χ1n) is 7.38. The van der Waals surface area contributed by atoms with Crippen molar-refractivity contribution < 1.29 is 8.78 Å². The molecule has 1 aliphatic rings. The standard InChI is InChI=1S/C16H24F2N2/c1-10-4-5-20(12(3)6-10)16-14(17)8-13(7-11(2)19)9-15(16)18/h8-12H,4-7,19H2,1-3H3. The Balaban J connectivity index is 2.28. The summed E-state index contributed by atoms with van der Waals surface area (Å²) in [5.41, 5.74) is 6.43. The maximum atomic E-state index is 14.3. The predicted molar refractivity (Wildman–Crippen MR) is 78.9 cm³/mol. The van der Waals surface area contributed by atoms with Crippen LogP contribution in [0.25, 0.3) is 0 Å². The van der Waals surface area contributed by atoms with Gasteiger partial charge >= 0.3 is 0 Å². The van der Waals surface area contributed by atoms with Gasteiger partial charge in [0.2, 0.25) is 0 Å². The minimum atomic E-state index is -0.470. The van der Waals surface area contributed by atoms with Gasteiger partial charge in [-0.15, -0.1) is 0 Å². The first-order chi connectivity index (χ1) is 9.38. The van der Waals surface area contributed by atoms with Crippen molar-refractivity contribution in [3.05, 3.63) is 29.3 Å². The number of rotatable bonds is 3. The van der Waals surface area contributed by atoms with Gasteiger partial charge in [-0.25, -0.2) is 8.78 Å². The number of hydrogen-bond acceptors (Lipinski definition) is 2. The lowest BCUT2D eigenvalue weighted by molar-refractivity contribution is 0.371. The molecular formula is C16H24F2N2. The number of anilines is 1. The van der Waals surface area contributed by atoms with Crippen LogP contribution in [0.5, 0.6) is 0 Å². The Hall–Kier alpha value is -1.16. The second-order valence-electron chi connectivity index (χ2n) is 6.26. The van der Waals surface area contributed by atoms with E-state index in [-0.39, 0.29) is 17.8 Å². The van der Waals surface area contributed by atoms with Crippen LogP contribution in [-0.4, -0.2) is 18.6 Å². The van der Waals surface area contributed by atoms with Crippen LogP contribution in [0.2, 0.25) is 0 Å². The summed E-state index contributed by atoms with van der Waals surface area (Å²) in [4.78, 5) is 1.86. The van der Waals surface area contributed by atoms with Gasteiger partial charge in [0, 0.05) is 18.6 Å². The highest BCUT2D eigenvalue weighted by molar-refractivity contribution is 5.52. The van der Waals surface area contributed by atoms with Crippen LogP contribution >= 0.6 is 0 Å². The topological polar surface area (TPSA) is 29.3 Å². The van der Waals surface area contributed by atoms with E-state index in [9.17, 15) is 8.78 Å². The van der Waals surface area contributed by atoms with Crippen LogP contribution in [0.1, 0.15) is 39.2 Å². The molecule has 1 fully saturated rings. The molecule has 2 rings (SSSR count). The lowest BCUT2D eigenvalue weighted by Crippen LogP contribution is -2.41.